The lowest BCUT2D eigenvalue weighted by atomic mass is 9.87. The second kappa shape index (κ2) is 11.2. The van der Waals surface area contributed by atoms with Crippen LogP contribution in [-0.4, -0.2) is 41.8 Å². The quantitative estimate of drug-likeness (QED) is 0.612. The monoisotopic (exact) mass is 417 g/mol. The molecule has 0 aromatic heterocycles. The fraction of sp³-hybridized carbons (Fsp3) is 0.476. The van der Waals surface area contributed by atoms with Gasteiger partial charge in [-0.3, -0.25) is 9.59 Å². The lowest BCUT2D eigenvalue weighted by Crippen LogP contribution is -2.35. The van der Waals surface area contributed by atoms with Crippen LogP contribution in [0.25, 0.3) is 0 Å². The summed E-state index contributed by atoms with van der Waals surface area (Å²) < 4.78 is 0. The lowest BCUT2D eigenvalue weighted by molar-refractivity contribution is -0.128. The zero-order chi connectivity index (χ0) is 20.5. The summed E-state index contributed by atoms with van der Waals surface area (Å²) in [6.45, 7) is 5.56. The number of nitriles is 1. The zero-order valence-corrected chi connectivity index (χ0v) is 18.3. The first kappa shape index (κ1) is 22.4. The predicted molar refractivity (Wildman–Crippen MR) is 116 cm³/mol. The van der Waals surface area contributed by atoms with Gasteiger partial charge < -0.3 is 10.2 Å². The highest BCUT2D eigenvalue weighted by atomic mass is 32.2. The van der Waals surface area contributed by atoms with Gasteiger partial charge in [-0.25, -0.2) is 0 Å². The van der Waals surface area contributed by atoms with Crippen LogP contribution in [0.2, 0.25) is 0 Å². The first-order valence-electron chi connectivity index (χ1n) is 9.52. The summed E-state index contributed by atoms with van der Waals surface area (Å²) in [7, 11) is 0. The van der Waals surface area contributed by atoms with Crippen LogP contribution < -0.4 is 5.32 Å². The number of hydrogen-bond donors (Lipinski definition) is 1. The van der Waals surface area contributed by atoms with E-state index in [0.717, 1.165) is 36.4 Å². The Kier molecular flexibility index (Phi) is 8.94. The van der Waals surface area contributed by atoms with Crippen molar-refractivity contribution in [3.63, 3.8) is 0 Å². The Morgan fingerprint density at radius 2 is 1.89 bits per heavy atom. The molecule has 5 nitrogen and oxygen atoms in total. The van der Waals surface area contributed by atoms with E-state index < -0.39 is 0 Å². The first-order chi connectivity index (χ1) is 13.5. The topological polar surface area (TPSA) is 73.2 Å². The van der Waals surface area contributed by atoms with E-state index in [0.29, 0.717) is 10.6 Å². The van der Waals surface area contributed by atoms with Crippen molar-refractivity contribution in [2.24, 2.45) is 0 Å². The van der Waals surface area contributed by atoms with Gasteiger partial charge in [-0.05, 0) is 36.8 Å². The summed E-state index contributed by atoms with van der Waals surface area (Å²) in [6.07, 6.45) is 4.08. The minimum atomic E-state index is -0.269. The number of amides is 2. The first-order valence-corrected chi connectivity index (χ1v) is 11.7. The van der Waals surface area contributed by atoms with Crippen LogP contribution >= 0.6 is 23.5 Å². The highest BCUT2D eigenvalue weighted by Crippen LogP contribution is 2.36. The number of allylic oxidation sites excluding steroid dienone is 1. The lowest BCUT2D eigenvalue weighted by Gasteiger charge is -2.26. The van der Waals surface area contributed by atoms with E-state index >= 15 is 0 Å². The van der Waals surface area contributed by atoms with Gasteiger partial charge in [-0.1, -0.05) is 37.7 Å². The molecule has 28 heavy (non-hydrogen) atoms. The number of benzene rings is 1. The summed E-state index contributed by atoms with van der Waals surface area (Å²) in [4.78, 5) is 27.8. The van der Waals surface area contributed by atoms with Crippen LogP contribution in [0.1, 0.15) is 44.6 Å². The van der Waals surface area contributed by atoms with Gasteiger partial charge in [-0.2, -0.15) is 5.26 Å². The van der Waals surface area contributed by atoms with Gasteiger partial charge in [0.25, 0.3) is 0 Å². The zero-order valence-electron chi connectivity index (χ0n) is 16.7. The van der Waals surface area contributed by atoms with E-state index in [1.54, 1.807) is 11.8 Å². The number of thioether (sulfide) groups is 2. The van der Waals surface area contributed by atoms with Crippen molar-refractivity contribution in [2.45, 2.75) is 43.9 Å². The third-order valence-electron chi connectivity index (χ3n) is 4.55. The maximum absolute atomic E-state index is 12.5. The van der Waals surface area contributed by atoms with Crippen molar-refractivity contribution in [3.05, 3.63) is 40.4 Å². The minimum Gasteiger partial charge on any atom is -0.342 e. The van der Waals surface area contributed by atoms with Crippen molar-refractivity contribution in [2.75, 3.05) is 25.1 Å². The largest absolute Gasteiger partial charge is 0.342 e. The Morgan fingerprint density at radius 3 is 2.43 bits per heavy atom. The molecule has 7 heteroatoms. The van der Waals surface area contributed by atoms with Gasteiger partial charge in [-0.15, -0.1) is 11.8 Å². The maximum atomic E-state index is 12.5. The molecule has 0 bridgehead atoms. The van der Waals surface area contributed by atoms with Crippen LogP contribution in [0.5, 0.6) is 0 Å². The van der Waals surface area contributed by atoms with E-state index in [2.05, 4.69) is 11.4 Å². The van der Waals surface area contributed by atoms with Crippen molar-refractivity contribution >= 4 is 35.3 Å². The Morgan fingerprint density at radius 1 is 1.25 bits per heavy atom. The molecule has 1 N–H and O–H groups in total. The molecule has 2 amide bonds. The minimum absolute atomic E-state index is 0.0409. The third kappa shape index (κ3) is 5.79. The number of hydrogen-bond acceptors (Lipinski definition) is 5. The summed E-state index contributed by atoms with van der Waals surface area (Å²) in [6, 6.07) is 10.2. The molecule has 1 aliphatic rings. The molecule has 1 aromatic carbocycles. The van der Waals surface area contributed by atoms with Gasteiger partial charge in [0.05, 0.1) is 22.4 Å². The van der Waals surface area contributed by atoms with E-state index in [9.17, 15) is 14.9 Å². The van der Waals surface area contributed by atoms with Crippen molar-refractivity contribution in [3.8, 4) is 6.07 Å². The Balaban J connectivity index is 2.20. The molecule has 1 atom stereocenters. The van der Waals surface area contributed by atoms with Crippen molar-refractivity contribution < 1.29 is 9.59 Å². The highest BCUT2D eigenvalue weighted by molar-refractivity contribution is 8.03. The fourth-order valence-electron chi connectivity index (χ4n) is 3.18. The molecular formula is C21H27N3O2S2. The second-order valence-electron chi connectivity index (χ2n) is 6.60. The number of carbonyl (C=O) groups excluding carboxylic acids is 2. The molecular weight excluding hydrogens is 390 g/mol. The van der Waals surface area contributed by atoms with Gasteiger partial charge >= 0.3 is 0 Å². The maximum Gasteiger partial charge on any atom is 0.232 e. The van der Waals surface area contributed by atoms with Crippen LogP contribution in [0.15, 0.2) is 39.8 Å². The summed E-state index contributed by atoms with van der Waals surface area (Å²) >= 11 is 2.91. The fourth-order valence-corrected chi connectivity index (χ4v) is 4.57. The predicted octanol–water partition coefficient (Wildman–Crippen LogP) is 4.13. The molecule has 1 aliphatic heterocycles. The average Bonchev–Trinajstić information content (AvgIpc) is 2.71. The van der Waals surface area contributed by atoms with Crippen LogP contribution in [-0.2, 0) is 9.59 Å². The Bertz CT molecular complexity index is 763. The molecule has 0 saturated carbocycles. The Hall–Kier alpha value is -1.91. The van der Waals surface area contributed by atoms with Crippen LogP contribution in [0.4, 0.5) is 0 Å². The number of rotatable bonds is 9. The molecule has 0 fully saturated rings. The molecule has 0 spiro atoms. The number of carbonyl (C=O) groups is 2. The second-order valence-corrected chi connectivity index (χ2v) is 8.47. The molecule has 0 aliphatic carbocycles. The smallest absolute Gasteiger partial charge is 0.232 e. The highest BCUT2D eigenvalue weighted by Gasteiger charge is 2.30. The standard InChI is InChI=1S/C21H27N3O2S2/c1-4-10-24(11-5-2)20(26)14-28-21-18(13-22)17(12-19(25)23-21)15-6-8-16(27-3)9-7-15/h6-9,17H,4-5,10-12,14H2,1-3H3,(H,23,25)/t17-/m0/s1. The van der Waals surface area contributed by atoms with Gasteiger partial charge in [0, 0.05) is 30.3 Å². The molecule has 0 unspecified atom stereocenters. The molecule has 2 rings (SSSR count). The molecule has 0 radical (unpaired) electrons. The molecule has 150 valence electrons. The number of nitrogens with one attached hydrogen (secondary N) is 1. The normalized spacial score (nSPS) is 16.5. The summed E-state index contributed by atoms with van der Waals surface area (Å²) in [5.74, 6) is -0.125. The van der Waals surface area contributed by atoms with Gasteiger partial charge in [0.2, 0.25) is 11.8 Å². The summed E-state index contributed by atoms with van der Waals surface area (Å²) in [5.41, 5.74) is 1.49. The van der Waals surface area contributed by atoms with Crippen molar-refractivity contribution in [1.82, 2.24) is 10.2 Å². The van der Waals surface area contributed by atoms with Crippen LogP contribution in [0, 0.1) is 11.3 Å². The third-order valence-corrected chi connectivity index (χ3v) is 6.30. The van der Waals surface area contributed by atoms with Gasteiger partial charge in [0.1, 0.15) is 0 Å². The van der Waals surface area contributed by atoms with E-state index in [-0.39, 0.29) is 29.9 Å². The molecule has 1 heterocycles. The van der Waals surface area contributed by atoms with E-state index in [1.807, 2.05) is 49.3 Å². The Labute approximate surface area is 175 Å². The van der Waals surface area contributed by atoms with Gasteiger partial charge in [0.15, 0.2) is 0 Å². The molecule has 1 aromatic rings. The van der Waals surface area contributed by atoms with E-state index in [1.165, 1.54) is 11.8 Å². The van der Waals surface area contributed by atoms with Crippen molar-refractivity contribution in [1.29, 1.82) is 5.26 Å². The molecule has 0 saturated heterocycles. The van der Waals surface area contributed by atoms with E-state index in [4.69, 9.17) is 0 Å². The van der Waals surface area contributed by atoms with Crippen LogP contribution in [0.3, 0.4) is 0 Å². The number of nitrogens with zero attached hydrogens (tertiary/aromatic N) is 2. The SMILES string of the molecule is CCCN(CCC)C(=O)CSC1=C(C#N)[C@H](c2ccc(SC)cc2)CC(=O)N1. The summed E-state index contributed by atoms with van der Waals surface area (Å²) in [5, 5.41) is 13.1. The average molecular weight is 418 g/mol.